The predicted molar refractivity (Wildman–Crippen MR) is 95.0 cm³/mol. The number of allylic oxidation sites excluding steroid dienone is 2. The van der Waals surface area contributed by atoms with Gasteiger partial charge in [-0.3, -0.25) is 9.59 Å². The Morgan fingerprint density at radius 2 is 1.09 bits per heavy atom. The van der Waals surface area contributed by atoms with Crippen LogP contribution >= 0.6 is 23.5 Å². The molecule has 3 rings (SSSR count). The zero-order chi connectivity index (χ0) is 16.0. The van der Waals surface area contributed by atoms with Crippen LogP contribution in [-0.4, -0.2) is 20.7 Å². The smallest absolute Gasteiger partial charge is 0.215 e. The molecule has 0 aromatic carbocycles. The quantitative estimate of drug-likeness (QED) is 0.598. The molecule has 1 saturated carbocycles. The molecule has 4 unspecified atom stereocenters. The van der Waals surface area contributed by atoms with Gasteiger partial charge in [0.15, 0.2) is 0 Å². The van der Waals surface area contributed by atoms with Crippen molar-refractivity contribution in [2.45, 2.75) is 63.9 Å². The number of carbonyl (C=O) groups is 2. The Balaban J connectivity index is 1.86. The molecular formula is C18H24O2S2. The lowest BCUT2D eigenvalue weighted by atomic mass is 9.78. The topological polar surface area (TPSA) is 34.1 Å². The van der Waals surface area contributed by atoms with E-state index in [-0.39, 0.29) is 0 Å². The van der Waals surface area contributed by atoms with Gasteiger partial charge in [0.05, 0.1) is 0 Å². The van der Waals surface area contributed by atoms with Crippen molar-refractivity contribution in [2.24, 2.45) is 11.8 Å². The maximum absolute atomic E-state index is 12.3. The molecule has 0 aromatic rings. The van der Waals surface area contributed by atoms with Crippen LogP contribution in [-0.2, 0) is 9.59 Å². The maximum atomic E-state index is 12.3. The average Bonchev–Trinajstić information content (AvgIpc) is 2.88. The highest BCUT2D eigenvalue weighted by molar-refractivity contribution is 8.15. The first-order chi connectivity index (χ1) is 10.4. The van der Waals surface area contributed by atoms with Gasteiger partial charge < -0.3 is 0 Å². The number of hydrogen-bond donors (Lipinski definition) is 0. The van der Waals surface area contributed by atoms with Gasteiger partial charge in [-0.2, -0.15) is 0 Å². The van der Waals surface area contributed by atoms with Crippen LogP contribution in [0.5, 0.6) is 0 Å². The maximum Gasteiger partial charge on any atom is 0.215 e. The number of rotatable bonds is 0. The van der Waals surface area contributed by atoms with Gasteiger partial charge in [0, 0.05) is 33.5 Å². The summed E-state index contributed by atoms with van der Waals surface area (Å²) in [5, 5.41) is 1.45. The molecule has 2 saturated heterocycles. The Morgan fingerprint density at radius 3 is 1.41 bits per heavy atom. The van der Waals surface area contributed by atoms with E-state index in [4.69, 9.17) is 0 Å². The lowest BCUT2D eigenvalue weighted by molar-refractivity contribution is -0.108. The average molecular weight is 337 g/mol. The van der Waals surface area contributed by atoms with Crippen LogP contribution < -0.4 is 0 Å². The summed E-state index contributed by atoms with van der Waals surface area (Å²) in [6.07, 6.45) is 4.23. The molecule has 2 heterocycles. The molecule has 1 aliphatic carbocycles. The van der Waals surface area contributed by atoms with Gasteiger partial charge in [-0.15, -0.1) is 0 Å². The summed E-state index contributed by atoms with van der Waals surface area (Å²) in [4.78, 5) is 24.6. The number of thioether (sulfide) groups is 2. The van der Waals surface area contributed by atoms with Gasteiger partial charge in [-0.25, -0.2) is 0 Å². The van der Waals surface area contributed by atoms with Crippen molar-refractivity contribution < 1.29 is 9.59 Å². The van der Waals surface area contributed by atoms with Gasteiger partial charge >= 0.3 is 0 Å². The fourth-order valence-corrected chi connectivity index (χ4v) is 7.15. The van der Waals surface area contributed by atoms with Gasteiger partial charge in [0.2, 0.25) is 10.2 Å². The van der Waals surface area contributed by atoms with Crippen molar-refractivity contribution in [3.05, 3.63) is 22.3 Å². The fourth-order valence-electron chi connectivity index (χ4n) is 4.26. The van der Waals surface area contributed by atoms with Gasteiger partial charge in [-0.1, -0.05) is 34.7 Å². The Bertz CT molecular complexity index is 528. The standard InChI is InChI=1S/C18H24O2S2/c1-9(2)15-11-5-7-14-12(6-8-13(11)21-17(15)19)16(10(3)4)18(20)22-14/h11-14H,5-8H2,1-4H3. The van der Waals surface area contributed by atoms with Crippen LogP contribution in [0.1, 0.15) is 53.4 Å². The molecule has 2 nitrogen and oxygen atoms in total. The summed E-state index contributed by atoms with van der Waals surface area (Å²) in [6.45, 7) is 8.25. The van der Waals surface area contributed by atoms with E-state index in [1.54, 1.807) is 23.5 Å². The van der Waals surface area contributed by atoms with Crippen LogP contribution in [0.15, 0.2) is 22.3 Å². The van der Waals surface area contributed by atoms with Crippen LogP contribution in [0.2, 0.25) is 0 Å². The molecule has 120 valence electrons. The number of fused-ring (bicyclic) bond motifs is 2. The summed E-state index contributed by atoms with van der Waals surface area (Å²) in [5.41, 5.74) is 4.51. The first-order valence-electron chi connectivity index (χ1n) is 8.16. The van der Waals surface area contributed by atoms with E-state index >= 15 is 0 Å². The minimum absolute atomic E-state index is 0.299. The SMILES string of the molecule is CC(C)=C1C(=O)SC2CCC3C(=C(C)C)C(=O)SC3CCC12. The molecule has 4 heteroatoms. The molecule has 2 aliphatic heterocycles. The number of carbonyl (C=O) groups excluding carboxylic acids is 2. The van der Waals surface area contributed by atoms with E-state index in [1.165, 1.54) is 11.1 Å². The highest BCUT2D eigenvalue weighted by atomic mass is 32.2. The van der Waals surface area contributed by atoms with E-state index in [2.05, 4.69) is 27.7 Å². The second kappa shape index (κ2) is 6.20. The third kappa shape index (κ3) is 2.73. The molecular weight excluding hydrogens is 312 g/mol. The third-order valence-electron chi connectivity index (χ3n) is 5.20. The van der Waals surface area contributed by atoms with Crippen molar-refractivity contribution in [2.75, 3.05) is 0 Å². The summed E-state index contributed by atoms with van der Waals surface area (Å²) < 4.78 is 0. The van der Waals surface area contributed by atoms with Crippen molar-refractivity contribution in [3.8, 4) is 0 Å². The Morgan fingerprint density at radius 1 is 0.727 bits per heavy atom. The molecule has 0 amide bonds. The summed E-state index contributed by atoms with van der Waals surface area (Å²) in [5.74, 6) is 0.824. The molecule has 22 heavy (non-hydrogen) atoms. The molecule has 3 fully saturated rings. The molecule has 4 atom stereocenters. The highest BCUT2D eigenvalue weighted by Crippen LogP contribution is 2.51. The van der Waals surface area contributed by atoms with Crippen molar-refractivity contribution in [3.63, 3.8) is 0 Å². The Hall–Kier alpha value is -0.480. The van der Waals surface area contributed by atoms with Crippen LogP contribution in [0, 0.1) is 11.8 Å². The Labute approximate surface area is 141 Å². The minimum Gasteiger partial charge on any atom is -0.282 e. The summed E-state index contributed by atoms with van der Waals surface area (Å²) in [7, 11) is 0. The molecule has 0 bridgehead atoms. The monoisotopic (exact) mass is 336 g/mol. The second-order valence-corrected chi connectivity index (χ2v) is 9.51. The van der Waals surface area contributed by atoms with E-state index in [1.807, 2.05) is 0 Å². The van der Waals surface area contributed by atoms with Crippen LogP contribution in [0.3, 0.4) is 0 Å². The minimum atomic E-state index is 0.299. The van der Waals surface area contributed by atoms with E-state index in [9.17, 15) is 9.59 Å². The predicted octanol–water partition coefficient (Wildman–Crippen LogP) is 4.75. The molecule has 0 radical (unpaired) electrons. The van der Waals surface area contributed by atoms with E-state index in [0.29, 0.717) is 32.6 Å². The third-order valence-corrected chi connectivity index (χ3v) is 7.80. The van der Waals surface area contributed by atoms with Crippen molar-refractivity contribution >= 4 is 33.8 Å². The lowest BCUT2D eigenvalue weighted by Crippen LogP contribution is -2.24. The summed E-state index contributed by atoms with van der Waals surface area (Å²) >= 11 is 3.10. The highest BCUT2D eigenvalue weighted by Gasteiger charge is 2.45. The molecule has 3 aliphatic rings. The number of hydrogen-bond acceptors (Lipinski definition) is 4. The van der Waals surface area contributed by atoms with Gasteiger partial charge in [0.25, 0.3) is 0 Å². The van der Waals surface area contributed by atoms with Crippen LogP contribution in [0.25, 0.3) is 0 Å². The zero-order valence-corrected chi connectivity index (χ0v) is 15.4. The van der Waals surface area contributed by atoms with Crippen molar-refractivity contribution in [1.82, 2.24) is 0 Å². The summed E-state index contributed by atoms with van der Waals surface area (Å²) in [6, 6.07) is 0. The van der Waals surface area contributed by atoms with Crippen LogP contribution in [0.4, 0.5) is 0 Å². The lowest BCUT2D eigenvalue weighted by Gasteiger charge is -2.28. The molecule has 0 spiro atoms. The van der Waals surface area contributed by atoms with E-state index in [0.717, 1.165) is 36.8 Å². The normalized spacial score (nSPS) is 35.1. The molecule has 0 N–H and O–H groups in total. The van der Waals surface area contributed by atoms with E-state index < -0.39 is 0 Å². The van der Waals surface area contributed by atoms with Gasteiger partial charge in [-0.05, 0) is 53.4 Å². The van der Waals surface area contributed by atoms with Crippen molar-refractivity contribution in [1.29, 1.82) is 0 Å². The van der Waals surface area contributed by atoms with Gasteiger partial charge in [0.1, 0.15) is 0 Å². The largest absolute Gasteiger partial charge is 0.282 e. The first-order valence-corrected chi connectivity index (χ1v) is 9.92. The second-order valence-electron chi connectivity index (χ2n) is 7.08. The Kier molecular flexibility index (Phi) is 4.61. The molecule has 0 aromatic heterocycles. The zero-order valence-electron chi connectivity index (χ0n) is 13.8. The first kappa shape index (κ1) is 16.4. The fraction of sp³-hybridized carbons (Fsp3) is 0.667.